The Bertz CT molecular complexity index is 978. The van der Waals surface area contributed by atoms with Crippen molar-refractivity contribution in [2.45, 2.75) is 45.1 Å². The minimum atomic E-state index is -0.947. The van der Waals surface area contributed by atoms with Crippen molar-refractivity contribution in [3.05, 3.63) is 41.5 Å². The van der Waals surface area contributed by atoms with E-state index in [9.17, 15) is 18.8 Å². The van der Waals surface area contributed by atoms with Gasteiger partial charge in [0, 0.05) is 0 Å². The number of carbonyl (C=O) groups is 3. The largest absolute Gasteiger partial charge is 0.344 e. The molecule has 2 fully saturated rings. The topological polar surface area (TPSA) is 109 Å². The average molecular weight is 400 g/mol. The van der Waals surface area contributed by atoms with Crippen LogP contribution in [0.3, 0.4) is 0 Å². The monoisotopic (exact) mass is 400 g/mol. The van der Waals surface area contributed by atoms with E-state index in [1.807, 2.05) is 0 Å². The van der Waals surface area contributed by atoms with Crippen molar-refractivity contribution in [3.8, 4) is 5.69 Å². The summed E-state index contributed by atoms with van der Waals surface area (Å²) in [6.07, 6.45) is 2.76. The molecule has 0 bridgehead atoms. The first-order chi connectivity index (χ1) is 13.8. The summed E-state index contributed by atoms with van der Waals surface area (Å²) in [7, 11) is 0. The first-order valence-electron chi connectivity index (χ1n) is 9.47. The summed E-state index contributed by atoms with van der Waals surface area (Å²) in [6.45, 7) is 3.73. The molecule has 152 valence electrons. The van der Waals surface area contributed by atoms with Gasteiger partial charge in [0.1, 0.15) is 11.4 Å². The zero-order valence-corrected chi connectivity index (χ0v) is 16.1. The van der Waals surface area contributed by atoms with Crippen molar-refractivity contribution in [2.24, 2.45) is 5.92 Å². The highest BCUT2D eigenvalue weighted by Gasteiger charge is 2.53. The molecule has 1 aromatic heterocycles. The number of urea groups is 1. The third-order valence-electron chi connectivity index (χ3n) is 5.68. The SMILES string of the molecule is Cc1c(C(=O)NN2C(=O)NC3(CCC(C)CC3)C2=O)nnn1-c1ccc(F)cc1. The molecule has 2 N–H and O–H groups in total. The number of imide groups is 1. The van der Waals surface area contributed by atoms with Gasteiger partial charge in [0.05, 0.1) is 11.4 Å². The molecule has 1 aliphatic carbocycles. The maximum Gasteiger partial charge on any atom is 0.344 e. The van der Waals surface area contributed by atoms with Crippen molar-refractivity contribution in [1.82, 2.24) is 30.7 Å². The lowest BCUT2D eigenvalue weighted by atomic mass is 9.77. The summed E-state index contributed by atoms with van der Waals surface area (Å²) < 4.78 is 14.5. The highest BCUT2D eigenvalue weighted by Crippen LogP contribution is 2.35. The molecule has 1 spiro atoms. The van der Waals surface area contributed by atoms with E-state index in [0.717, 1.165) is 17.9 Å². The predicted molar refractivity (Wildman–Crippen MR) is 99.3 cm³/mol. The van der Waals surface area contributed by atoms with Crippen LogP contribution in [0.1, 0.15) is 48.8 Å². The molecular formula is C19H21FN6O3. The number of amides is 4. The smallest absolute Gasteiger partial charge is 0.322 e. The van der Waals surface area contributed by atoms with Gasteiger partial charge in [0.2, 0.25) is 0 Å². The molecule has 2 heterocycles. The Hall–Kier alpha value is -3.30. The summed E-state index contributed by atoms with van der Waals surface area (Å²) >= 11 is 0. The summed E-state index contributed by atoms with van der Waals surface area (Å²) in [5.41, 5.74) is 2.29. The van der Waals surface area contributed by atoms with Gasteiger partial charge in [-0.2, -0.15) is 5.01 Å². The second-order valence-corrected chi connectivity index (χ2v) is 7.69. The highest BCUT2D eigenvalue weighted by molar-refractivity contribution is 6.09. The molecule has 1 aromatic carbocycles. The molecule has 29 heavy (non-hydrogen) atoms. The standard InChI is InChI=1S/C19H21FN6O3/c1-11-7-9-19(10-8-11)17(28)26(18(29)21-19)23-16(27)15-12(2)25(24-22-15)14-5-3-13(20)4-6-14/h3-6,11H,7-10H2,1-2H3,(H,21,29)(H,23,27). The first kappa shape index (κ1) is 19.0. The van der Waals surface area contributed by atoms with Gasteiger partial charge in [-0.25, -0.2) is 13.9 Å². The number of carbonyl (C=O) groups excluding carboxylic acids is 3. The molecule has 0 radical (unpaired) electrons. The van der Waals surface area contributed by atoms with Gasteiger partial charge in [-0.05, 0) is 62.8 Å². The van der Waals surface area contributed by atoms with E-state index in [-0.39, 0.29) is 5.69 Å². The summed E-state index contributed by atoms with van der Waals surface area (Å²) in [4.78, 5) is 37.9. The Morgan fingerprint density at radius 1 is 1.24 bits per heavy atom. The quantitative estimate of drug-likeness (QED) is 0.765. The van der Waals surface area contributed by atoms with E-state index in [1.165, 1.54) is 28.9 Å². The highest BCUT2D eigenvalue weighted by atomic mass is 19.1. The molecule has 1 saturated heterocycles. The van der Waals surface area contributed by atoms with E-state index in [0.29, 0.717) is 30.1 Å². The number of hydrogen-bond donors (Lipinski definition) is 2. The van der Waals surface area contributed by atoms with Crippen molar-refractivity contribution < 1.29 is 18.8 Å². The van der Waals surface area contributed by atoms with Crippen molar-refractivity contribution in [3.63, 3.8) is 0 Å². The normalized spacial score (nSPS) is 24.1. The van der Waals surface area contributed by atoms with Crippen LogP contribution >= 0.6 is 0 Å². The molecule has 10 heteroatoms. The van der Waals surface area contributed by atoms with Gasteiger partial charge in [0.25, 0.3) is 11.8 Å². The van der Waals surface area contributed by atoms with Crippen LogP contribution in [-0.2, 0) is 4.79 Å². The summed E-state index contributed by atoms with van der Waals surface area (Å²) in [5.74, 6) is -1.07. The fourth-order valence-electron chi connectivity index (χ4n) is 3.84. The maximum atomic E-state index is 13.1. The minimum Gasteiger partial charge on any atom is -0.322 e. The molecule has 1 saturated carbocycles. The lowest BCUT2D eigenvalue weighted by Gasteiger charge is -2.33. The summed E-state index contributed by atoms with van der Waals surface area (Å²) in [6, 6.07) is 4.90. The molecule has 9 nitrogen and oxygen atoms in total. The van der Waals surface area contributed by atoms with Gasteiger partial charge < -0.3 is 5.32 Å². The van der Waals surface area contributed by atoms with Gasteiger partial charge in [-0.15, -0.1) is 5.10 Å². The fraction of sp³-hybridized carbons (Fsp3) is 0.421. The number of aromatic nitrogens is 3. The van der Waals surface area contributed by atoms with E-state index >= 15 is 0 Å². The third kappa shape index (κ3) is 3.24. The Kier molecular flexibility index (Phi) is 4.56. The molecule has 1 aliphatic heterocycles. The second kappa shape index (κ2) is 6.94. The van der Waals surface area contributed by atoms with Crippen molar-refractivity contribution in [2.75, 3.05) is 0 Å². The van der Waals surface area contributed by atoms with Gasteiger partial charge in [0.15, 0.2) is 5.69 Å². The zero-order valence-electron chi connectivity index (χ0n) is 16.1. The lowest BCUT2D eigenvalue weighted by Crippen LogP contribution is -2.51. The minimum absolute atomic E-state index is 0.0341. The molecule has 4 rings (SSSR count). The van der Waals surface area contributed by atoms with E-state index in [4.69, 9.17) is 0 Å². The van der Waals surface area contributed by atoms with E-state index in [2.05, 4.69) is 28.0 Å². The first-order valence-corrected chi connectivity index (χ1v) is 9.47. The zero-order chi connectivity index (χ0) is 20.8. The van der Waals surface area contributed by atoms with E-state index < -0.39 is 29.2 Å². The number of nitrogens with zero attached hydrogens (tertiary/aromatic N) is 4. The number of hydrazine groups is 1. The Labute approximate surface area is 166 Å². The Balaban J connectivity index is 1.52. The molecule has 0 atom stereocenters. The van der Waals surface area contributed by atoms with Crippen LogP contribution in [0.2, 0.25) is 0 Å². The van der Waals surface area contributed by atoms with Gasteiger partial charge >= 0.3 is 6.03 Å². The van der Waals surface area contributed by atoms with Gasteiger partial charge in [-0.1, -0.05) is 12.1 Å². The Morgan fingerprint density at radius 3 is 2.55 bits per heavy atom. The van der Waals surface area contributed by atoms with Crippen LogP contribution in [0.25, 0.3) is 5.69 Å². The summed E-state index contributed by atoms with van der Waals surface area (Å²) in [5, 5.41) is 11.3. The lowest BCUT2D eigenvalue weighted by molar-refractivity contribution is -0.134. The van der Waals surface area contributed by atoms with Crippen LogP contribution in [0.4, 0.5) is 9.18 Å². The molecule has 4 amide bonds. The van der Waals surface area contributed by atoms with Crippen LogP contribution < -0.4 is 10.7 Å². The third-order valence-corrected chi connectivity index (χ3v) is 5.68. The second-order valence-electron chi connectivity index (χ2n) is 7.69. The van der Waals surface area contributed by atoms with Crippen LogP contribution in [-0.4, -0.2) is 43.4 Å². The molecule has 2 aromatic rings. The van der Waals surface area contributed by atoms with Gasteiger partial charge in [-0.3, -0.25) is 15.0 Å². The fourth-order valence-corrected chi connectivity index (χ4v) is 3.84. The van der Waals surface area contributed by atoms with Crippen LogP contribution in [0, 0.1) is 18.7 Å². The number of hydrogen-bond acceptors (Lipinski definition) is 5. The van der Waals surface area contributed by atoms with E-state index in [1.54, 1.807) is 6.92 Å². The number of nitrogens with one attached hydrogen (secondary N) is 2. The average Bonchev–Trinajstić information content (AvgIpc) is 3.18. The van der Waals surface area contributed by atoms with Crippen LogP contribution in [0.5, 0.6) is 0 Å². The molecular weight excluding hydrogens is 379 g/mol. The number of halogens is 1. The molecule has 2 aliphatic rings. The maximum absolute atomic E-state index is 13.1. The number of rotatable bonds is 3. The Morgan fingerprint density at radius 2 is 1.90 bits per heavy atom. The predicted octanol–water partition coefficient (Wildman–Crippen LogP) is 1.86. The van der Waals surface area contributed by atoms with Crippen molar-refractivity contribution >= 4 is 17.8 Å². The molecule has 0 unspecified atom stereocenters. The van der Waals surface area contributed by atoms with Crippen LogP contribution in [0.15, 0.2) is 24.3 Å². The number of benzene rings is 1. The van der Waals surface area contributed by atoms with Crippen molar-refractivity contribution in [1.29, 1.82) is 0 Å².